The van der Waals surface area contributed by atoms with Crippen molar-refractivity contribution in [3.05, 3.63) is 45.7 Å². The topological polar surface area (TPSA) is 65.0 Å². The summed E-state index contributed by atoms with van der Waals surface area (Å²) < 4.78 is 0. The van der Waals surface area contributed by atoms with E-state index < -0.39 is 5.60 Å². The fourth-order valence-corrected chi connectivity index (χ4v) is 3.25. The van der Waals surface area contributed by atoms with E-state index in [0.717, 1.165) is 18.5 Å². The van der Waals surface area contributed by atoms with Crippen molar-refractivity contribution < 1.29 is 5.11 Å². The van der Waals surface area contributed by atoms with Gasteiger partial charge in [0.25, 0.3) is 0 Å². The molecule has 2 heterocycles. The second-order valence-electron chi connectivity index (χ2n) is 5.44. The van der Waals surface area contributed by atoms with E-state index in [9.17, 15) is 5.11 Å². The third-order valence-corrected chi connectivity index (χ3v) is 4.44. The number of H-pyrrole nitrogens is 1. The summed E-state index contributed by atoms with van der Waals surface area (Å²) in [6.45, 7) is 2.10. The van der Waals surface area contributed by atoms with E-state index in [4.69, 9.17) is 23.2 Å². The molecule has 112 valence electrons. The number of piperidine rings is 1. The molecule has 0 amide bonds. The number of hydrogen-bond donors (Lipinski definition) is 2. The molecule has 1 aliphatic heterocycles. The van der Waals surface area contributed by atoms with Crippen LogP contribution in [0.2, 0.25) is 10.0 Å². The minimum absolute atomic E-state index is 0.512. The largest absolute Gasteiger partial charge is 0.382 e. The second-order valence-corrected chi connectivity index (χ2v) is 6.28. The van der Waals surface area contributed by atoms with Gasteiger partial charge in [-0.3, -0.25) is 4.90 Å². The van der Waals surface area contributed by atoms with Crippen molar-refractivity contribution in [2.24, 2.45) is 0 Å². The highest BCUT2D eigenvalue weighted by Gasteiger charge is 2.37. The van der Waals surface area contributed by atoms with Crippen molar-refractivity contribution in [1.82, 2.24) is 20.3 Å². The normalized spacial score (nSPS) is 23.4. The summed E-state index contributed by atoms with van der Waals surface area (Å²) in [6, 6.07) is 5.50. The minimum Gasteiger partial charge on any atom is -0.382 e. The van der Waals surface area contributed by atoms with E-state index in [1.54, 1.807) is 12.3 Å². The Labute approximate surface area is 132 Å². The average Bonchev–Trinajstić information content (AvgIpc) is 2.97. The van der Waals surface area contributed by atoms with Crippen molar-refractivity contribution in [1.29, 1.82) is 0 Å². The summed E-state index contributed by atoms with van der Waals surface area (Å²) in [5.41, 5.74) is 0.643. The first-order chi connectivity index (χ1) is 10.1. The molecule has 0 radical (unpaired) electrons. The van der Waals surface area contributed by atoms with Crippen LogP contribution in [0.25, 0.3) is 0 Å². The number of nitrogens with zero attached hydrogens (tertiary/aromatic N) is 3. The maximum absolute atomic E-state index is 10.8. The predicted octanol–water partition coefficient (Wildman–Crippen LogP) is 2.60. The first kappa shape index (κ1) is 14.8. The van der Waals surface area contributed by atoms with E-state index in [0.29, 0.717) is 35.2 Å². The molecule has 1 atom stereocenters. The third kappa shape index (κ3) is 3.21. The number of rotatable bonds is 3. The van der Waals surface area contributed by atoms with Gasteiger partial charge in [0, 0.05) is 23.1 Å². The Morgan fingerprint density at radius 3 is 2.95 bits per heavy atom. The van der Waals surface area contributed by atoms with Crippen LogP contribution in [0.1, 0.15) is 24.1 Å². The zero-order valence-corrected chi connectivity index (χ0v) is 12.9. The number of hydrogen-bond acceptors (Lipinski definition) is 4. The lowest BCUT2D eigenvalue weighted by molar-refractivity contribution is -0.0414. The van der Waals surface area contributed by atoms with Gasteiger partial charge in [0.05, 0.1) is 6.20 Å². The Balaban J connectivity index is 1.74. The fraction of sp³-hybridized carbons (Fsp3) is 0.429. The molecule has 1 fully saturated rings. The molecule has 2 N–H and O–H groups in total. The molecule has 5 nitrogen and oxygen atoms in total. The molecule has 3 rings (SSSR count). The average molecular weight is 327 g/mol. The zero-order valence-electron chi connectivity index (χ0n) is 11.4. The zero-order chi connectivity index (χ0) is 14.9. The predicted molar refractivity (Wildman–Crippen MR) is 81.3 cm³/mol. The Kier molecular flexibility index (Phi) is 4.17. The number of halogens is 2. The van der Waals surface area contributed by atoms with Crippen molar-refractivity contribution in [3.8, 4) is 0 Å². The van der Waals surface area contributed by atoms with Gasteiger partial charge >= 0.3 is 0 Å². The Hall–Kier alpha value is -1.14. The van der Waals surface area contributed by atoms with E-state index in [2.05, 4.69) is 20.3 Å². The monoisotopic (exact) mass is 326 g/mol. The molecule has 0 unspecified atom stereocenters. The van der Waals surface area contributed by atoms with Gasteiger partial charge in [-0.05, 0) is 37.1 Å². The summed E-state index contributed by atoms with van der Waals surface area (Å²) in [5.74, 6) is 0. The molecule has 1 saturated heterocycles. The van der Waals surface area contributed by atoms with Crippen molar-refractivity contribution in [3.63, 3.8) is 0 Å². The van der Waals surface area contributed by atoms with Crippen molar-refractivity contribution >= 4 is 23.2 Å². The smallest absolute Gasteiger partial charge is 0.123 e. The SMILES string of the molecule is O[C@@]1(c2cn[nH]n2)CCCN(Cc2ccc(Cl)cc2Cl)C1. The fourth-order valence-electron chi connectivity index (χ4n) is 2.78. The van der Waals surface area contributed by atoms with E-state index in [1.807, 2.05) is 12.1 Å². The highest BCUT2D eigenvalue weighted by atomic mass is 35.5. The number of aromatic amines is 1. The molecule has 1 aromatic carbocycles. The Bertz CT molecular complexity index is 619. The van der Waals surface area contributed by atoms with Gasteiger partial charge < -0.3 is 5.11 Å². The van der Waals surface area contributed by atoms with Crippen LogP contribution in [0.5, 0.6) is 0 Å². The minimum atomic E-state index is -0.954. The molecule has 7 heteroatoms. The molecule has 0 aliphatic carbocycles. The summed E-state index contributed by atoms with van der Waals surface area (Å²) in [6.07, 6.45) is 3.16. The summed E-state index contributed by atoms with van der Waals surface area (Å²) in [5, 5.41) is 22.4. The first-order valence-corrected chi connectivity index (χ1v) is 7.57. The van der Waals surface area contributed by atoms with Crippen LogP contribution in [-0.4, -0.2) is 38.5 Å². The molecule has 0 bridgehead atoms. The summed E-state index contributed by atoms with van der Waals surface area (Å²) in [4.78, 5) is 2.17. The third-order valence-electron chi connectivity index (χ3n) is 3.85. The molecule has 1 aromatic heterocycles. The lowest BCUT2D eigenvalue weighted by atomic mass is 9.90. The van der Waals surface area contributed by atoms with Gasteiger partial charge in [0.15, 0.2) is 0 Å². The maximum Gasteiger partial charge on any atom is 0.123 e. The maximum atomic E-state index is 10.8. The quantitative estimate of drug-likeness (QED) is 0.909. The number of β-amino-alcohol motifs (C(OH)–C–C–N with tert-alkyl or cyclic N) is 1. The van der Waals surface area contributed by atoms with Crippen LogP contribution >= 0.6 is 23.2 Å². The summed E-state index contributed by atoms with van der Waals surface area (Å²) >= 11 is 12.1. The molecular formula is C14H16Cl2N4O. The number of aliphatic hydroxyl groups is 1. The highest BCUT2D eigenvalue weighted by Crippen LogP contribution is 2.31. The standard InChI is InChI=1S/C14H16Cl2N4O/c15-11-3-2-10(12(16)6-11)8-20-5-1-4-14(21,9-20)13-7-17-19-18-13/h2-3,6-7,21H,1,4-5,8-9H2,(H,17,18,19)/t14-/m0/s1. The molecule has 1 aliphatic rings. The van der Waals surface area contributed by atoms with Crippen LogP contribution in [0.4, 0.5) is 0 Å². The van der Waals surface area contributed by atoms with E-state index >= 15 is 0 Å². The van der Waals surface area contributed by atoms with Crippen LogP contribution in [0, 0.1) is 0 Å². The molecule has 0 spiro atoms. The van der Waals surface area contributed by atoms with Gasteiger partial charge in [-0.1, -0.05) is 29.3 Å². The van der Waals surface area contributed by atoms with E-state index in [-0.39, 0.29) is 0 Å². The Morgan fingerprint density at radius 2 is 2.24 bits per heavy atom. The van der Waals surface area contributed by atoms with Crippen molar-refractivity contribution in [2.45, 2.75) is 25.0 Å². The van der Waals surface area contributed by atoms with Gasteiger partial charge in [0.1, 0.15) is 11.3 Å². The molecule has 0 saturated carbocycles. The molecule has 2 aromatic rings. The summed E-state index contributed by atoms with van der Waals surface area (Å²) in [7, 11) is 0. The highest BCUT2D eigenvalue weighted by molar-refractivity contribution is 6.35. The first-order valence-electron chi connectivity index (χ1n) is 6.82. The van der Waals surface area contributed by atoms with Crippen molar-refractivity contribution in [2.75, 3.05) is 13.1 Å². The van der Waals surface area contributed by atoms with Crippen LogP contribution in [0.15, 0.2) is 24.4 Å². The van der Waals surface area contributed by atoms with Gasteiger partial charge in [-0.15, -0.1) is 0 Å². The second kappa shape index (κ2) is 5.93. The van der Waals surface area contributed by atoms with Crippen LogP contribution in [0.3, 0.4) is 0 Å². The number of aromatic nitrogens is 3. The van der Waals surface area contributed by atoms with Gasteiger partial charge in [-0.2, -0.15) is 15.4 Å². The van der Waals surface area contributed by atoms with Gasteiger partial charge in [0.2, 0.25) is 0 Å². The number of nitrogens with one attached hydrogen (secondary N) is 1. The Morgan fingerprint density at radius 1 is 1.38 bits per heavy atom. The van der Waals surface area contributed by atoms with Crippen LogP contribution < -0.4 is 0 Å². The molecule has 21 heavy (non-hydrogen) atoms. The molecular weight excluding hydrogens is 311 g/mol. The lowest BCUT2D eigenvalue weighted by Gasteiger charge is -2.38. The lowest BCUT2D eigenvalue weighted by Crippen LogP contribution is -2.45. The van der Waals surface area contributed by atoms with Gasteiger partial charge in [-0.25, -0.2) is 0 Å². The van der Waals surface area contributed by atoms with E-state index in [1.165, 1.54) is 0 Å². The van der Waals surface area contributed by atoms with Crippen LogP contribution in [-0.2, 0) is 12.1 Å². The number of likely N-dealkylation sites (tertiary alicyclic amines) is 1. The number of benzene rings is 1.